The first-order valence-corrected chi connectivity index (χ1v) is 12.0. The summed E-state index contributed by atoms with van der Waals surface area (Å²) in [4.78, 5) is 18.0. The largest absolute Gasteiger partial charge is 0.399 e. The Morgan fingerprint density at radius 2 is 1.69 bits per heavy atom. The molecule has 0 fully saturated rings. The molecule has 3 aromatic carbocycles. The Morgan fingerprint density at radius 1 is 0.969 bits per heavy atom. The van der Waals surface area contributed by atoms with E-state index >= 15 is 0 Å². The first kappa shape index (κ1) is 22.8. The normalized spacial score (nSPS) is 12.4. The molecule has 4 aromatic rings. The van der Waals surface area contributed by atoms with Crippen molar-refractivity contribution in [2.45, 2.75) is 18.6 Å². The SMILES string of the molecule is O=P(O)(O)C(F)(F)c1ccc(Cn2cc(Cc3ccccc3)c3cc(F)ccc32)cc1Br. The van der Waals surface area contributed by atoms with Gasteiger partial charge in [-0.25, -0.2) is 4.39 Å². The highest BCUT2D eigenvalue weighted by molar-refractivity contribution is 9.10. The molecule has 0 saturated heterocycles. The Labute approximate surface area is 190 Å². The monoisotopic (exact) mass is 523 g/mol. The van der Waals surface area contributed by atoms with Crippen LogP contribution in [0.4, 0.5) is 13.2 Å². The lowest BCUT2D eigenvalue weighted by Crippen LogP contribution is -2.14. The zero-order valence-electron chi connectivity index (χ0n) is 16.6. The Hall–Kier alpha value is -2.38. The van der Waals surface area contributed by atoms with Crippen LogP contribution in [0.25, 0.3) is 10.9 Å². The predicted octanol–water partition coefficient (Wildman–Crippen LogP) is 6.41. The van der Waals surface area contributed by atoms with Gasteiger partial charge in [-0.15, -0.1) is 0 Å². The van der Waals surface area contributed by atoms with Crippen LogP contribution in [0.1, 0.15) is 22.3 Å². The maximum atomic E-state index is 14.1. The van der Waals surface area contributed by atoms with Crippen LogP contribution in [0.15, 0.2) is 77.4 Å². The zero-order valence-corrected chi connectivity index (χ0v) is 19.0. The van der Waals surface area contributed by atoms with E-state index in [4.69, 9.17) is 9.79 Å². The second kappa shape index (κ2) is 8.52. The van der Waals surface area contributed by atoms with E-state index in [9.17, 15) is 17.7 Å². The summed E-state index contributed by atoms with van der Waals surface area (Å²) >= 11 is 3.02. The molecule has 0 spiro atoms. The molecule has 4 rings (SSSR count). The molecule has 0 aliphatic rings. The van der Waals surface area contributed by atoms with Gasteiger partial charge in [0.15, 0.2) is 0 Å². The minimum Gasteiger partial charge on any atom is -0.343 e. The Kier molecular flexibility index (Phi) is 6.07. The third-order valence-electron chi connectivity index (χ3n) is 5.24. The van der Waals surface area contributed by atoms with E-state index in [0.29, 0.717) is 18.5 Å². The molecular weight excluding hydrogens is 506 g/mol. The molecular formula is C23H18BrF3NO3P. The molecule has 0 atom stereocenters. The number of nitrogens with zero attached hydrogens (tertiary/aromatic N) is 1. The lowest BCUT2D eigenvalue weighted by Gasteiger charge is -2.19. The van der Waals surface area contributed by atoms with E-state index in [1.165, 1.54) is 24.3 Å². The van der Waals surface area contributed by atoms with E-state index in [1.54, 1.807) is 6.07 Å². The standard InChI is InChI=1S/C23H18BrF3NO3P/c24-21-11-16(6-8-20(21)23(26,27)32(29,30)31)13-28-14-17(10-15-4-2-1-3-5-15)19-12-18(25)7-9-22(19)28/h1-9,11-12,14H,10,13H2,(H2,29,30,31). The van der Waals surface area contributed by atoms with Crippen LogP contribution in [-0.2, 0) is 23.2 Å². The number of rotatable bonds is 6. The Bertz CT molecular complexity index is 1340. The van der Waals surface area contributed by atoms with Gasteiger partial charge in [0, 0.05) is 33.7 Å². The van der Waals surface area contributed by atoms with E-state index < -0.39 is 18.8 Å². The molecule has 1 aromatic heterocycles. The molecule has 4 nitrogen and oxygen atoms in total. The van der Waals surface area contributed by atoms with Gasteiger partial charge in [0.05, 0.1) is 0 Å². The van der Waals surface area contributed by atoms with E-state index in [1.807, 2.05) is 41.1 Å². The van der Waals surface area contributed by atoms with Gasteiger partial charge in [0.25, 0.3) is 0 Å². The fourth-order valence-electron chi connectivity index (χ4n) is 3.69. The van der Waals surface area contributed by atoms with Crippen LogP contribution in [0.2, 0.25) is 0 Å². The first-order chi connectivity index (χ1) is 15.1. The van der Waals surface area contributed by atoms with Crippen molar-refractivity contribution in [2.75, 3.05) is 0 Å². The lowest BCUT2D eigenvalue weighted by atomic mass is 10.0. The molecule has 0 radical (unpaired) electrons. The van der Waals surface area contributed by atoms with Crippen molar-refractivity contribution in [2.24, 2.45) is 0 Å². The number of alkyl halides is 2. The highest BCUT2D eigenvalue weighted by atomic mass is 79.9. The van der Waals surface area contributed by atoms with Crippen molar-refractivity contribution in [1.82, 2.24) is 4.57 Å². The van der Waals surface area contributed by atoms with Crippen molar-refractivity contribution < 1.29 is 27.5 Å². The predicted molar refractivity (Wildman–Crippen MR) is 120 cm³/mol. The fraction of sp³-hybridized carbons (Fsp3) is 0.130. The molecule has 166 valence electrons. The number of halogens is 4. The smallest absolute Gasteiger partial charge is 0.343 e. The molecule has 0 amide bonds. The molecule has 0 saturated carbocycles. The lowest BCUT2D eigenvalue weighted by molar-refractivity contribution is 0.0557. The summed E-state index contributed by atoms with van der Waals surface area (Å²) in [7, 11) is -5.67. The summed E-state index contributed by atoms with van der Waals surface area (Å²) in [6, 6.07) is 18.1. The van der Waals surface area contributed by atoms with E-state index in [2.05, 4.69) is 15.9 Å². The molecule has 0 bridgehead atoms. The number of fused-ring (bicyclic) bond motifs is 1. The van der Waals surface area contributed by atoms with Crippen LogP contribution in [0, 0.1) is 5.82 Å². The molecule has 1 heterocycles. The van der Waals surface area contributed by atoms with Gasteiger partial charge in [0.2, 0.25) is 0 Å². The van der Waals surface area contributed by atoms with Crippen molar-refractivity contribution in [1.29, 1.82) is 0 Å². The Balaban J connectivity index is 1.71. The molecule has 9 heteroatoms. The summed E-state index contributed by atoms with van der Waals surface area (Å²) in [5.74, 6) is -0.351. The fourth-order valence-corrected chi connectivity index (χ4v) is 5.02. The van der Waals surface area contributed by atoms with Crippen molar-refractivity contribution in [3.63, 3.8) is 0 Å². The summed E-state index contributed by atoms with van der Waals surface area (Å²) in [6.07, 6.45) is 2.51. The number of hydrogen-bond acceptors (Lipinski definition) is 1. The summed E-state index contributed by atoms with van der Waals surface area (Å²) in [5, 5.41) is 0.762. The summed E-state index contributed by atoms with van der Waals surface area (Å²) in [5.41, 5.74) is -1.66. The Morgan fingerprint density at radius 3 is 2.34 bits per heavy atom. The maximum absolute atomic E-state index is 14.1. The topological polar surface area (TPSA) is 62.5 Å². The quantitative estimate of drug-likeness (QED) is 0.287. The molecule has 0 aliphatic carbocycles. The van der Waals surface area contributed by atoms with Gasteiger partial charge in [-0.2, -0.15) is 8.78 Å². The van der Waals surface area contributed by atoms with Crippen molar-refractivity contribution >= 4 is 34.4 Å². The van der Waals surface area contributed by atoms with Gasteiger partial charge in [-0.1, -0.05) is 58.4 Å². The third-order valence-corrected chi connectivity index (χ3v) is 6.87. The zero-order chi connectivity index (χ0) is 23.1. The average molecular weight is 524 g/mol. The van der Waals surface area contributed by atoms with Crippen LogP contribution in [0.3, 0.4) is 0 Å². The van der Waals surface area contributed by atoms with Crippen LogP contribution >= 0.6 is 23.5 Å². The molecule has 0 unspecified atom stereocenters. The maximum Gasteiger partial charge on any atom is 0.399 e. The number of aromatic nitrogens is 1. The average Bonchev–Trinajstić information content (AvgIpc) is 3.04. The third kappa shape index (κ3) is 4.41. The number of benzene rings is 3. The van der Waals surface area contributed by atoms with Gasteiger partial charge in [-0.3, -0.25) is 4.57 Å². The highest BCUT2D eigenvalue weighted by Gasteiger charge is 2.51. The number of hydrogen-bond donors (Lipinski definition) is 2. The minimum absolute atomic E-state index is 0.102. The van der Waals surface area contributed by atoms with Crippen LogP contribution in [0.5, 0.6) is 0 Å². The van der Waals surface area contributed by atoms with E-state index in [0.717, 1.165) is 28.1 Å². The molecule has 0 aliphatic heterocycles. The van der Waals surface area contributed by atoms with E-state index in [-0.39, 0.29) is 10.3 Å². The second-order valence-electron chi connectivity index (χ2n) is 7.51. The summed E-state index contributed by atoms with van der Waals surface area (Å²) in [6.45, 7) is 0.303. The summed E-state index contributed by atoms with van der Waals surface area (Å²) < 4.78 is 55.2. The highest BCUT2D eigenvalue weighted by Crippen LogP contribution is 2.60. The second-order valence-corrected chi connectivity index (χ2v) is 10.0. The van der Waals surface area contributed by atoms with Gasteiger partial charge < -0.3 is 14.4 Å². The molecule has 2 N–H and O–H groups in total. The molecule has 32 heavy (non-hydrogen) atoms. The van der Waals surface area contributed by atoms with Crippen molar-refractivity contribution in [3.05, 3.63) is 105 Å². The van der Waals surface area contributed by atoms with Gasteiger partial charge >= 0.3 is 13.3 Å². The first-order valence-electron chi connectivity index (χ1n) is 9.60. The van der Waals surface area contributed by atoms with Crippen molar-refractivity contribution in [3.8, 4) is 0 Å². The van der Waals surface area contributed by atoms with Gasteiger partial charge in [0.1, 0.15) is 5.82 Å². The van der Waals surface area contributed by atoms with Crippen LogP contribution in [-0.4, -0.2) is 14.4 Å². The van der Waals surface area contributed by atoms with Gasteiger partial charge in [-0.05, 0) is 47.4 Å². The van der Waals surface area contributed by atoms with Crippen LogP contribution < -0.4 is 0 Å². The minimum atomic E-state index is -5.67.